The average molecular weight is 292 g/mol. The highest BCUT2D eigenvalue weighted by Crippen LogP contribution is 2.20. The fourth-order valence-corrected chi connectivity index (χ4v) is 1.94. The summed E-state index contributed by atoms with van der Waals surface area (Å²) in [5, 5.41) is 11.9. The number of anilines is 2. The van der Waals surface area contributed by atoms with E-state index in [2.05, 4.69) is 5.32 Å². The molecule has 0 radical (unpaired) electrons. The van der Waals surface area contributed by atoms with Gasteiger partial charge >= 0.3 is 5.97 Å². The van der Waals surface area contributed by atoms with E-state index in [1.807, 2.05) is 0 Å². The third-order valence-electron chi connectivity index (χ3n) is 2.95. The number of hydrogen-bond acceptors (Lipinski definition) is 3. The molecule has 0 spiro atoms. The van der Waals surface area contributed by atoms with Crippen molar-refractivity contribution in [1.29, 1.82) is 0 Å². The van der Waals surface area contributed by atoms with Crippen LogP contribution in [-0.4, -0.2) is 17.6 Å². The number of carbonyl (C=O) groups is 1. The van der Waals surface area contributed by atoms with Crippen molar-refractivity contribution in [1.82, 2.24) is 0 Å². The molecule has 6 heteroatoms. The van der Waals surface area contributed by atoms with E-state index in [9.17, 15) is 13.6 Å². The molecule has 0 heterocycles. The lowest BCUT2D eigenvalue weighted by molar-refractivity contribution is 0.0697. The van der Waals surface area contributed by atoms with Crippen LogP contribution in [-0.2, 0) is 6.42 Å². The minimum Gasteiger partial charge on any atom is -0.478 e. The second-order valence-electron chi connectivity index (χ2n) is 4.56. The predicted octanol–water partition coefficient (Wildman–Crippen LogP) is 2.90. The summed E-state index contributed by atoms with van der Waals surface area (Å²) in [7, 11) is 0. The van der Waals surface area contributed by atoms with Gasteiger partial charge in [0.15, 0.2) is 0 Å². The summed E-state index contributed by atoms with van der Waals surface area (Å²) in [6, 6.07) is 7.64. The maximum Gasteiger partial charge on any atom is 0.335 e. The fraction of sp³-hybridized carbons (Fsp3) is 0.133. The lowest BCUT2D eigenvalue weighted by atomic mass is 10.1. The molecule has 0 amide bonds. The first-order valence-corrected chi connectivity index (χ1v) is 6.27. The maximum atomic E-state index is 13.0. The van der Waals surface area contributed by atoms with Gasteiger partial charge in [0.2, 0.25) is 0 Å². The van der Waals surface area contributed by atoms with Crippen LogP contribution in [0.25, 0.3) is 0 Å². The lowest BCUT2D eigenvalue weighted by Gasteiger charge is -2.10. The number of carboxylic acid groups (broad SMARTS) is 1. The van der Waals surface area contributed by atoms with Gasteiger partial charge < -0.3 is 16.2 Å². The third kappa shape index (κ3) is 3.92. The maximum absolute atomic E-state index is 13.0. The van der Waals surface area contributed by atoms with Gasteiger partial charge in [-0.2, -0.15) is 0 Å². The van der Waals surface area contributed by atoms with Crippen LogP contribution in [0.3, 0.4) is 0 Å². The van der Waals surface area contributed by atoms with E-state index in [0.29, 0.717) is 29.9 Å². The second-order valence-corrected chi connectivity index (χ2v) is 4.56. The van der Waals surface area contributed by atoms with E-state index >= 15 is 0 Å². The zero-order chi connectivity index (χ0) is 15.4. The summed E-state index contributed by atoms with van der Waals surface area (Å²) in [5.41, 5.74) is 7.25. The molecule has 110 valence electrons. The SMILES string of the molecule is Nc1ccc(C(=O)O)cc1NCCc1cc(F)cc(F)c1. The summed E-state index contributed by atoms with van der Waals surface area (Å²) in [6.45, 7) is 0.371. The van der Waals surface area contributed by atoms with Crippen LogP contribution in [0.4, 0.5) is 20.2 Å². The lowest BCUT2D eigenvalue weighted by Crippen LogP contribution is -2.08. The zero-order valence-corrected chi connectivity index (χ0v) is 11.1. The van der Waals surface area contributed by atoms with Crippen molar-refractivity contribution in [2.45, 2.75) is 6.42 Å². The van der Waals surface area contributed by atoms with Crippen LogP contribution < -0.4 is 11.1 Å². The summed E-state index contributed by atoms with van der Waals surface area (Å²) in [4.78, 5) is 10.9. The molecule has 0 unspecified atom stereocenters. The molecule has 0 saturated heterocycles. The molecule has 2 rings (SSSR count). The second kappa shape index (κ2) is 6.21. The summed E-state index contributed by atoms with van der Waals surface area (Å²) in [6.07, 6.45) is 0.380. The van der Waals surface area contributed by atoms with Crippen LogP contribution in [0.1, 0.15) is 15.9 Å². The quantitative estimate of drug-likeness (QED) is 0.741. The molecule has 0 saturated carbocycles. The van der Waals surface area contributed by atoms with Crippen molar-refractivity contribution in [3.63, 3.8) is 0 Å². The minimum atomic E-state index is -1.05. The summed E-state index contributed by atoms with van der Waals surface area (Å²) in [5.74, 6) is -2.31. The molecule has 0 aliphatic carbocycles. The van der Waals surface area contributed by atoms with Crippen LogP contribution >= 0.6 is 0 Å². The van der Waals surface area contributed by atoms with E-state index in [1.54, 1.807) is 0 Å². The van der Waals surface area contributed by atoms with Crippen molar-refractivity contribution in [3.8, 4) is 0 Å². The third-order valence-corrected chi connectivity index (χ3v) is 2.95. The van der Waals surface area contributed by atoms with E-state index in [4.69, 9.17) is 10.8 Å². The molecule has 0 atom stereocenters. The molecule has 0 aromatic heterocycles. The normalized spacial score (nSPS) is 10.4. The van der Waals surface area contributed by atoms with Gasteiger partial charge in [-0.15, -0.1) is 0 Å². The molecule has 0 fully saturated rings. The number of rotatable bonds is 5. The number of nitrogens with one attached hydrogen (secondary N) is 1. The Morgan fingerprint density at radius 1 is 1.14 bits per heavy atom. The number of nitrogens with two attached hydrogens (primary N) is 1. The Bertz CT molecular complexity index is 654. The molecular formula is C15H14F2N2O2. The Labute approximate surface area is 120 Å². The van der Waals surface area contributed by atoms with E-state index in [1.165, 1.54) is 30.3 Å². The number of halogens is 2. The van der Waals surface area contributed by atoms with Crippen LogP contribution in [0.2, 0.25) is 0 Å². The van der Waals surface area contributed by atoms with Crippen molar-refractivity contribution in [2.24, 2.45) is 0 Å². The highest BCUT2D eigenvalue weighted by Gasteiger charge is 2.07. The Hall–Kier alpha value is -2.63. The first-order chi connectivity index (χ1) is 9.95. The van der Waals surface area contributed by atoms with E-state index < -0.39 is 17.6 Å². The largest absolute Gasteiger partial charge is 0.478 e. The Morgan fingerprint density at radius 2 is 1.81 bits per heavy atom. The van der Waals surface area contributed by atoms with Crippen LogP contribution in [0.5, 0.6) is 0 Å². The summed E-state index contributed by atoms with van der Waals surface area (Å²) < 4.78 is 26.1. The fourth-order valence-electron chi connectivity index (χ4n) is 1.94. The minimum absolute atomic E-state index is 0.114. The Morgan fingerprint density at radius 3 is 2.43 bits per heavy atom. The van der Waals surface area contributed by atoms with E-state index in [0.717, 1.165) is 6.07 Å². The molecule has 4 nitrogen and oxygen atoms in total. The standard InChI is InChI=1S/C15H14F2N2O2/c16-11-5-9(6-12(17)8-11)3-4-19-14-7-10(15(20)21)1-2-13(14)18/h1-2,5-8,19H,3-4,18H2,(H,20,21). The van der Waals surface area contributed by atoms with Crippen molar-refractivity contribution in [3.05, 3.63) is 59.2 Å². The van der Waals surface area contributed by atoms with Gasteiger partial charge in [0.05, 0.1) is 16.9 Å². The van der Waals surface area contributed by atoms with Gasteiger partial charge in [0.25, 0.3) is 0 Å². The molecule has 21 heavy (non-hydrogen) atoms. The first kappa shape index (κ1) is 14.8. The zero-order valence-electron chi connectivity index (χ0n) is 11.1. The smallest absolute Gasteiger partial charge is 0.335 e. The topological polar surface area (TPSA) is 75.4 Å². The van der Waals surface area contributed by atoms with Crippen LogP contribution in [0, 0.1) is 11.6 Å². The van der Waals surface area contributed by atoms with Crippen molar-refractivity contribution < 1.29 is 18.7 Å². The molecule has 2 aromatic carbocycles. The number of carboxylic acids is 1. The molecule has 4 N–H and O–H groups in total. The van der Waals surface area contributed by atoms with E-state index in [-0.39, 0.29) is 5.56 Å². The van der Waals surface area contributed by atoms with Gasteiger partial charge in [-0.25, -0.2) is 13.6 Å². The number of benzene rings is 2. The molecule has 0 bridgehead atoms. The average Bonchev–Trinajstić information content (AvgIpc) is 2.39. The number of hydrogen-bond donors (Lipinski definition) is 3. The highest BCUT2D eigenvalue weighted by atomic mass is 19.1. The predicted molar refractivity (Wildman–Crippen MR) is 76.4 cm³/mol. The summed E-state index contributed by atoms with van der Waals surface area (Å²) >= 11 is 0. The molecular weight excluding hydrogens is 278 g/mol. The Balaban J connectivity index is 2.03. The Kier molecular flexibility index (Phi) is 4.37. The van der Waals surface area contributed by atoms with Gasteiger partial charge in [-0.3, -0.25) is 0 Å². The molecule has 2 aromatic rings. The highest BCUT2D eigenvalue weighted by molar-refractivity contribution is 5.90. The first-order valence-electron chi connectivity index (χ1n) is 6.27. The molecule has 0 aliphatic rings. The monoisotopic (exact) mass is 292 g/mol. The van der Waals surface area contributed by atoms with Crippen molar-refractivity contribution in [2.75, 3.05) is 17.6 Å². The van der Waals surface area contributed by atoms with Gasteiger partial charge in [0.1, 0.15) is 11.6 Å². The van der Waals surface area contributed by atoms with Gasteiger partial charge in [-0.1, -0.05) is 0 Å². The van der Waals surface area contributed by atoms with Crippen molar-refractivity contribution >= 4 is 17.3 Å². The van der Waals surface area contributed by atoms with Gasteiger partial charge in [-0.05, 0) is 42.3 Å². The van der Waals surface area contributed by atoms with Gasteiger partial charge in [0, 0.05) is 12.6 Å². The number of aromatic carboxylic acids is 1. The van der Waals surface area contributed by atoms with Crippen LogP contribution in [0.15, 0.2) is 36.4 Å². The number of nitrogen functional groups attached to an aromatic ring is 1. The molecule has 0 aliphatic heterocycles.